The molecule has 1 N–H and O–H groups in total. The average molecular weight is 702 g/mol. The Labute approximate surface area is 265 Å². The zero-order valence-corrected chi connectivity index (χ0v) is 26.7. The molecule has 2 aromatic rings. The number of amides is 3. The van der Waals surface area contributed by atoms with Gasteiger partial charge in [0.05, 0.1) is 42.3 Å². The first kappa shape index (κ1) is 31.1. The van der Waals surface area contributed by atoms with Gasteiger partial charge >= 0.3 is 6.09 Å². The molecule has 43 heavy (non-hydrogen) atoms. The lowest BCUT2D eigenvalue weighted by molar-refractivity contribution is -0.137. The smallest absolute Gasteiger partial charge is 0.423 e. The predicted molar refractivity (Wildman–Crippen MR) is 168 cm³/mol. The van der Waals surface area contributed by atoms with E-state index in [0.717, 1.165) is 36.0 Å². The SMILES string of the molecule is CCC/C(=C\c1cc(I)c(O)c(OC)c1)CC[C@H]1OC[C@H]2C1=C(COc1ccccc1)C[C@H]1C(=O)N(C(=O)OC)C(=O)[C@H]12. The number of benzene rings is 2. The van der Waals surface area contributed by atoms with Gasteiger partial charge in [0, 0.05) is 5.92 Å². The van der Waals surface area contributed by atoms with Crippen molar-refractivity contribution in [2.75, 3.05) is 27.4 Å². The number of imide groups is 3. The van der Waals surface area contributed by atoms with Crippen LogP contribution in [0.3, 0.4) is 0 Å². The van der Waals surface area contributed by atoms with E-state index >= 15 is 0 Å². The number of hydrogen-bond donors (Lipinski definition) is 1. The second-order valence-electron chi connectivity index (χ2n) is 11.1. The number of aromatic hydroxyl groups is 1. The van der Waals surface area contributed by atoms with E-state index in [-0.39, 0.29) is 24.4 Å². The molecule has 0 spiro atoms. The number of carbonyl (C=O) groups is 3. The summed E-state index contributed by atoms with van der Waals surface area (Å²) >= 11 is 2.10. The quantitative estimate of drug-likeness (QED) is 0.179. The predicted octanol–water partition coefficient (Wildman–Crippen LogP) is 6.13. The van der Waals surface area contributed by atoms with Gasteiger partial charge in [-0.2, -0.15) is 4.90 Å². The molecule has 9 nitrogen and oxygen atoms in total. The molecular weight excluding hydrogens is 665 g/mol. The van der Waals surface area contributed by atoms with Gasteiger partial charge in [-0.3, -0.25) is 9.59 Å². The number of fused-ring (bicyclic) bond motifs is 3. The van der Waals surface area contributed by atoms with Gasteiger partial charge in [-0.25, -0.2) is 4.79 Å². The van der Waals surface area contributed by atoms with Crippen LogP contribution >= 0.6 is 22.6 Å². The van der Waals surface area contributed by atoms with Crippen LogP contribution in [0.15, 0.2) is 59.2 Å². The molecule has 0 saturated carbocycles. The third kappa shape index (κ3) is 6.31. The first-order valence-corrected chi connectivity index (χ1v) is 15.6. The minimum atomic E-state index is -0.946. The third-order valence-corrected chi connectivity index (χ3v) is 9.28. The monoisotopic (exact) mass is 701 g/mol. The van der Waals surface area contributed by atoms with Crippen molar-refractivity contribution < 1.29 is 38.4 Å². The van der Waals surface area contributed by atoms with Crippen LogP contribution in [0.1, 0.15) is 44.6 Å². The lowest BCUT2D eigenvalue weighted by Crippen LogP contribution is -2.38. The molecule has 2 aliphatic heterocycles. The van der Waals surface area contributed by atoms with Gasteiger partial charge in [0.15, 0.2) is 11.5 Å². The molecule has 0 radical (unpaired) electrons. The Hall–Kier alpha value is -3.38. The van der Waals surface area contributed by atoms with Crippen molar-refractivity contribution in [2.24, 2.45) is 17.8 Å². The minimum Gasteiger partial charge on any atom is -0.504 e. The van der Waals surface area contributed by atoms with E-state index in [2.05, 4.69) is 35.6 Å². The number of ether oxygens (including phenoxy) is 4. The van der Waals surface area contributed by atoms with Crippen LogP contribution in [0.5, 0.6) is 17.2 Å². The summed E-state index contributed by atoms with van der Waals surface area (Å²) in [4.78, 5) is 39.7. The first-order valence-electron chi connectivity index (χ1n) is 14.5. The van der Waals surface area contributed by atoms with Crippen molar-refractivity contribution in [1.29, 1.82) is 0 Å². The van der Waals surface area contributed by atoms with Gasteiger partial charge in [-0.1, -0.05) is 43.2 Å². The molecule has 0 unspecified atom stereocenters. The molecule has 2 saturated heterocycles. The van der Waals surface area contributed by atoms with E-state index in [9.17, 15) is 19.5 Å². The summed E-state index contributed by atoms with van der Waals surface area (Å²) in [6.07, 6.45) is 4.58. The summed E-state index contributed by atoms with van der Waals surface area (Å²) in [6, 6.07) is 13.2. The maximum Gasteiger partial charge on any atom is 0.423 e. The Balaban J connectivity index is 1.42. The van der Waals surface area contributed by atoms with Crippen molar-refractivity contribution in [1.82, 2.24) is 4.90 Å². The van der Waals surface area contributed by atoms with E-state index in [1.54, 1.807) is 0 Å². The molecule has 3 aliphatic rings. The standard InChI is InChI=1S/C33H36INO8/c1-4-8-19(13-20-14-25(34)30(36)27(15-20)40-2)11-12-26-28-21(17-42-22-9-6-5-7-10-22)16-23-29(24(28)18-43-26)32(38)35(31(23)37)33(39)41-3/h5-7,9-10,13-15,23-24,26,29,36H,4,8,11-12,16-18H2,1-3H3/b19-13+/t23-,24+,26-,29-/m1/s1. The van der Waals surface area contributed by atoms with Crippen molar-refractivity contribution in [2.45, 2.75) is 45.1 Å². The number of allylic oxidation sites excluding steroid dienone is 1. The van der Waals surface area contributed by atoms with E-state index < -0.39 is 29.7 Å². The fourth-order valence-corrected chi connectivity index (χ4v) is 7.16. The summed E-state index contributed by atoms with van der Waals surface area (Å²) in [7, 11) is 2.70. The largest absolute Gasteiger partial charge is 0.504 e. The highest BCUT2D eigenvalue weighted by molar-refractivity contribution is 14.1. The van der Waals surface area contributed by atoms with Gasteiger partial charge < -0.3 is 24.1 Å². The van der Waals surface area contributed by atoms with Crippen LogP contribution in [0, 0.1) is 21.3 Å². The molecule has 2 fully saturated rings. The van der Waals surface area contributed by atoms with Gasteiger partial charge in [0.25, 0.3) is 0 Å². The summed E-state index contributed by atoms with van der Waals surface area (Å²) in [6.45, 7) is 2.70. The molecule has 10 heteroatoms. The zero-order valence-electron chi connectivity index (χ0n) is 24.5. The maximum atomic E-state index is 13.4. The number of phenolic OH excluding ortho intramolecular Hbond substituents is 1. The number of carbonyl (C=O) groups excluding carboxylic acids is 3. The number of halogens is 1. The topological polar surface area (TPSA) is 112 Å². The van der Waals surface area contributed by atoms with Gasteiger partial charge in [-0.15, -0.1) is 0 Å². The number of rotatable bonds is 10. The van der Waals surface area contributed by atoms with E-state index in [0.29, 0.717) is 39.4 Å². The highest BCUT2D eigenvalue weighted by Crippen LogP contribution is 2.50. The van der Waals surface area contributed by atoms with Crippen molar-refractivity contribution in [3.63, 3.8) is 0 Å². The molecule has 5 rings (SSSR count). The summed E-state index contributed by atoms with van der Waals surface area (Å²) in [5, 5.41) is 10.3. The van der Waals surface area contributed by atoms with Gasteiger partial charge in [-0.05, 0) is 89.2 Å². The zero-order chi connectivity index (χ0) is 30.7. The Bertz CT molecular complexity index is 1450. The Morgan fingerprint density at radius 2 is 1.88 bits per heavy atom. The molecule has 0 aromatic heterocycles. The Morgan fingerprint density at radius 1 is 1.12 bits per heavy atom. The maximum absolute atomic E-state index is 13.4. The average Bonchev–Trinajstić information content (AvgIpc) is 3.54. The highest BCUT2D eigenvalue weighted by atomic mass is 127. The molecule has 0 bridgehead atoms. The lowest BCUT2D eigenvalue weighted by Gasteiger charge is -2.31. The third-order valence-electron chi connectivity index (χ3n) is 8.46. The Morgan fingerprint density at radius 3 is 2.58 bits per heavy atom. The number of methoxy groups -OCH3 is 2. The van der Waals surface area contributed by atoms with Crippen LogP contribution in [-0.2, 0) is 19.1 Å². The van der Waals surface area contributed by atoms with E-state index in [4.69, 9.17) is 18.9 Å². The number of para-hydroxylation sites is 1. The molecule has 4 atom stereocenters. The summed E-state index contributed by atoms with van der Waals surface area (Å²) < 4.78 is 23.3. The number of nitrogens with zero attached hydrogens (tertiary/aromatic N) is 1. The van der Waals surface area contributed by atoms with E-state index in [1.165, 1.54) is 19.8 Å². The Kier molecular flexibility index (Phi) is 9.75. The van der Waals surface area contributed by atoms with Gasteiger partial charge in [0.2, 0.25) is 11.8 Å². The van der Waals surface area contributed by atoms with Crippen LogP contribution in [0.2, 0.25) is 0 Å². The van der Waals surface area contributed by atoms with Gasteiger partial charge in [0.1, 0.15) is 12.4 Å². The number of phenols is 1. The highest BCUT2D eigenvalue weighted by Gasteiger charge is 2.59. The van der Waals surface area contributed by atoms with Crippen LogP contribution in [0.25, 0.3) is 6.08 Å². The lowest BCUT2D eigenvalue weighted by atomic mass is 9.69. The molecule has 1 aliphatic carbocycles. The molecule has 228 valence electrons. The summed E-state index contributed by atoms with van der Waals surface area (Å²) in [5.41, 5.74) is 4.15. The minimum absolute atomic E-state index is 0.126. The normalized spacial score (nSPS) is 23.3. The molecule has 3 amide bonds. The fourth-order valence-electron chi connectivity index (χ4n) is 6.54. The van der Waals surface area contributed by atoms with Crippen molar-refractivity contribution in [3.8, 4) is 17.2 Å². The van der Waals surface area contributed by atoms with E-state index in [1.807, 2.05) is 42.5 Å². The molecule has 2 heterocycles. The van der Waals surface area contributed by atoms with Crippen molar-refractivity contribution in [3.05, 3.63) is 68.3 Å². The molecular formula is C33H36INO8. The summed E-state index contributed by atoms with van der Waals surface area (Å²) in [5.74, 6) is -1.40. The van der Waals surface area contributed by atoms with Crippen molar-refractivity contribution >= 4 is 46.6 Å². The second kappa shape index (κ2) is 13.5. The number of hydrogen-bond acceptors (Lipinski definition) is 8. The number of likely N-dealkylation sites (tertiary alicyclic amines) is 1. The van der Waals surface area contributed by atoms with Crippen LogP contribution in [-0.4, -0.2) is 61.5 Å². The second-order valence-corrected chi connectivity index (χ2v) is 12.2. The first-order chi connectivity index (χ1) is 20.8. The fraction of sp³-hybridized carbons (Fsp3) is 0.424. The van der Waals surface area contributed by atoms with Crippen LogP contribution < -0.4 is 9.47 Å². The van der Waals surface area contributed by atoms with Crippen LogP contribution in [0.4, 0.5) is 4.79 Å². The molecule has 2 aromatic carbocycles.